The van der Waals surface area contributed by atoms with Crippen LogP contribution in [0.1, 0.15) is 38.1 Å². The monoisotopic (exact) mass is 521 g/mol. The number of likely N-dealkylation sites (N-methyl/N-ethyl adjacent to an activating group) is 1. The van der Waals surface area contributed by atoms with Crippen LogP contribution < -0.4 is 16.2 Å². The van der Waals surface area contributed by atoms with E-state index in [1.54, 1.807) is 38.6 Å². The van der Waals surface area contributed by atoms with Crippen molar-refractivity contribution in [2.45, 2.75) is 39.3 Å². The van der Waals surface area contributed by atoms with Crippen molar-refractivity contribution in [3.05, 3.63) is 70.1 Å². The fourth-order valence-corrected chi connectivity index (χ4v) is 3.64. The van der Waals surface area contributed by atoms with Gasteiger partial charge in [-0.15, -0.1) is 0 Å². The van der Waals surface area contributed by atoms with E-state index in [2.05, 4.69) is 25.6 Å². The molecule has 4 N–H and O–H groups in total. The molecular weight excluding hydrogens is 490 g/mol. The lowest BCUT2D eigenvalue weighted by Crippen LogP contribution is -2.44. The van der Waals surface area contributed by atoms with Crippen LogP contribution in [-0.2, 0) is 16.1 Å². The maximum Gasteiger partial charge on any atom is 0.405 e. The highest BCUT2D eigenvalue weighted by molar-refractivity contribution is 5.96. The number of fused-ring (bicyclic) bond motifs is 1. The molecule has 38 heavy (non-hydrogen) atoms. The van der Waals surface area contributed by atoms with Crippen LogP contribution in [0.15, 0.2) is 53.1 Å². The molecule has 0 fully saturated rings. The number of amides is 3. The number of carbonyl (C=O) groups is 3. The van der Waals surface area contributed by atoms with E-state index in [4.69, 9.17) is 5.11 Å². The molecule has 0 spiro atoms. The second kappa shape index (κ2) is 12.5. The summed E-state index contributed by atoms with van der Waals surface area (Å²) in [6.07, 6.45) is 7.13. The normalized spacial score (nSPS) is 11.8. The van der Waals surface area contributed by atoms with E-state index < -0.39 is 23.6 Å². The zero-order valence-corrected chi connectivity index (χ0v) is 21.7. The largest absolute Gasteiger partial charge is 0.465 e. The van der Waals surface area contributed by atoms with E-state index in [-0.39, 0.29) is 31.0 Å². The number of hydrogen-bond acceptors (Lipinski definition) is 6. The standard InChI is InChI=1S/C26H31N7O5/c1-16(2)14-17-11-12-27-23-22(17)30-20(31-23)15-33-13-7-9-19(25(33)36)28-24(35)18(29-26(37)38)8-5-6-10-21(34)32(3)4/h6-7,9-14,18,29H,5,8,15H2,1-4H3,(H,28,35)(H,37,38)(H,27,30,31)/b10-6+/t18-/m0/s1. The van der Waals surface area contributed by atoms with Crippen LogP contribution in [0.5, 0.6) is 0 Å². The number of anilines is 1. The first-order chi connectivity index (χ1) is 18.0. The first-order valence-electron chi connectivity index (χ1n) is 11.9. The van der Waals surface area contributed by atoms with Gasteiger partial charge in [-0.05, 0) is 51.0 Å². The number of imidazole rings is 1. The summed E-state index contributed by atoms with van der Waals surface area (Å²) in [5.41, 5.74) is 2.83. The Morgan fingerprint density at radius 3 is 2.68 bits per heavy atom. The summed E-state index contributed by atoms with van der Waals surface area (Å²) in [7, 11) is 3.21. The highest BCUT2D eigenvalue weighted by Crippen LogP contribution is 2.17. The minimum atomic E-state index is -1.38. The van der Waals surface area contributed by atoms with Crippen molar-refractivity contribution in [3.63, 3.8) is 0 Å². The topological polar surface area (TPSA) is 162 Å². The first-order valence-corrected chi connectivity index (χ1v) is 11.9. The average molecular weight is 522 g/mol. The van der Waals surface area contributed by atoms with Gasteiger partial charge in [-0.2, -0.15) is 0 Å². The van der Waals surface area contributed by atoms with E-state index in [0.717, 1.165) is 16.7 Å². The molecule has 3 aromatic heterocycles. The second-order valence-electron chi connectivity index (χ2n) is 9.06. The summed E-state index contributed by atoms with van der Waals surface area (Å²) in [5, 5.41) is 13.8. The third-order valence-corrected chi connectivity index (χ3v) is 5.45. The van der Waals surface area contributed by atoms with Crippen LogP contribution in [0.4, 0.5) is 10.5 Å². The van der Waals surface area contributed by atoms with Crippen molar-refractivity contribution in [1.82, 2.24) is 29.7 Å². The number of carbonyl (C=O) groups excluding carboxylic acids is 2. The Morgan fingerprint density at radius 1 is 1.24 bits per heavy atom. The summed E-state index contributed by atoms with van der Waals surface area (Å²) in [6.45, 7) is 4.08. The Labute approximate surface area is 219 Å². The Morgan fingerprint density at radius 2 is 2.00 bits per heavy atom. The first kappa shape index (κ1) is 27.8. The molecule has 0 saturated carbocycles. The molecule has 0 unspecified atom stereocenters. The number of aromatic nitrogens is 4. The molecule has 0 aromatic carbocycles. The molecule has 3 aromatic rings. The summed E-state index contributed by atoms with van der Waals surface area (Å²) < 4.78 is 1.38. The van der Waals surface area contributed by atoms with Gasteiger partial charge in [0.25, 0.3) is 5.56 Å². The summed E-state index contributed by atoms with van der Waals surface area (Å²) >= 11 is 0. The molecule has 3 heterocycles. The maximum atomic E-state index is 13.1. The molecule has 3 amide bonds. The van der Waals surface area contributed by atoms with Gasteiger partial charge in [0.1, 0.15) is 17.6 Å². The fraction of sp³-hybridized carbons (Fsp3) is 0.308. The van der Waals surface area contributed by atoms with E-state index in [1.807, 2.05) is 26.0 Å². The molecule has 0 aliphatic heterocycles. The Bertz CT molecular complexity index is 1450. The molecule has 12 heteroatoms. The van der Waals surface area contributed by atoms with Gasteiger partial charge in [-0.3, -0.25) is 14.4 Å². The fourth-order valence-electron chi connectivity index (χ4n) is 3.64. The predicted octanol–water partition coefficient (Wildman–Crippen LogP) is 2.59. The Hall–Kier alpha value is -4.74. The van der Waals surface area contributed by atoms with Crippen molar-refractivity contribution < 1.29 is 19.5 Å². The third kappa shape index (κ3) is 7.38. The van der Waals surface area contributed by atoms with Gasteiger partial charge in [-0.25, -0.2) is 14.8 Å². The van der Waals surface area contributed by atoms with Crippen molar-refractivity contribution in [1.29, 1.82) is 0 Å². The molecule has 0 aliphatic carbocycles. The number of pyridine rings is 2. The molecular formula is C26H31N7O5. The number of carboxylic acid groups (broad SMARTS) is 1. The Balaban J connectivity index is 1.76. The van der Waals surface area contributed by atoms with Gasteiger partial charge in [0, 0.05) is 32.1 Å². The quantitative estimate of drug-likeness (QED) is 0.298. The van der Waals surface area contributed by atoms with Crippen molar-refractivity contribution in [2.24, 2.45) is 0 Å². The van der Waals surface area contributed by atoms with Crippen molar-refractivity contribution in [3.8, 4) is 0 Å². The number of nitrogens with one attached hydrogen (secondary N) is 3. The maximum absolute atomic E-state index is 13.1. The Kier molecular flexibility index (Phi) is 9.14. The van der Waals surface area contributed by atoms with Crippen molar-refractivity contribution >= 4 is 40.8 Å². The lowest BCUT2D eigenvalue weighted by molar-refractivity contribution is -0.123. The van der Waals surface area contributed by atoms with Gasteiger partial charge >= 0.3 is 6.09 Å². The minimum Gasteiger partial charge on any atom is -0.465 e. The molecule has 1 atom stereocenters. The van der Waals surface area contributed by atoms with Crippen LogP contribution in [-0.4, -0.2) is 67.6 Å². The van der Waals surface area contributed by atoms with E-state index in [0.29, 0.717) is 11.5 Å². The van der Waals surface area contributed by atoms with E-state index >= 15 is 0 Å². The van der Waals surface area contributed by atoms with Gasteiger partial charge in [-0.1, -0.05) is 17.7 Å². The summed E-state index contributed by atoms with van der Waals surface area (Å²) in [6, 6.07) is 3.78. The van der Waals surface area contributed by atoms with Crippen molar-refractivity contribution in [2.75, 3.05) is 19.4 Å². The average Bonchev–Trinajstić information content (AvgIpc) is 3.26. The summed E-state index contributed by atoms with van der Waals surface area (Å²) in [5.74, 6) is -0.401. The zero-order chi connectivity index (χ0) is 27.8. The second-order valence-corrected chi connectivity index (χ2v) is 9.06. The highest BCUT2D eigenvalue weighted by atomic mass is 16.4. The lowest BCUT2D eigenvalue weighted by Gasteiger charge is -2.16. The van der Waals surface area contributed by atoms with Crippen LogP contribution in [0.2, 0.25) is 0 Å². The number of rotatable bonds is 10. The number of nitrogens with zero attached hydrogens (tertiary/aromatic N) is 4. The smallest absolute Gasteiger partial charge is 0.405 e. The zero-order valence-electron chi connectivity index (χ0n) is 21.7. The minimum absolute atomic E-state index is 0.00696. The number of aromatic amines is 1. The molecule has 0 bridgehead atoms. The van der Waals surface area contributed by atoms with E-state index in [9.17, 15) is 19.2 Å². The van der Waals surface area contributed by atoms with E-state index in [1.165, 1.54) is 21.6 Å². The van der Waals surface area contributed by atoms with Crippen LogP contribution >= 0.6 is 0 Å². The lowest BCUT2D eigenvalue weighted by atomic mass is 10.1. The third-order valence-electron chi connectivity index (χ3n) is 5.45. The highest BCUT2D eigenvalue weighted by Gasteiger charge is 2.21. The van der Waals surface area contributed by atoms with Gasteiger partial charge in [0.2, 0.25) is 11.8 Å². The molecule has 200 valence electrons. The van der Waals surface area contributed by atoms with Crippen LogP contribution in [0.25, 0.3) is 17.2 Å². The summed E-state index contributed by atoms with van der Waals surface area (Å²) in [4.78, 5) is 62.2. The molecule has 0 radical (unpaired) electrons. The number of H-pyrrole nitrogens is 1. The van der Waals surface area contributed by atoms with Gasteiger partial charge < -0.3 is 30.2 Å². The molecule has 12 nitrogen and oxygen atoms in total. The van der Waals surface area contributed by atoms with Gasteiger partial charge in [0.15, 0.2) is 5.65 Å². The molecule has 0 saturated heterocycles. The van der Waals surface area contributed by atoms with Crippen LogP contribution in [0, 0.1) is 0 Å². The molecule has 0 aliphatic rings. The predicted molar refractivity (Wildman–Crippen MR) is 144 cm³/mol. The SMILES string of the molecule is CC(C)=Cc1ccnc2nc(Cn3cccc(NC(=O)[C@H](CC/C=C/C(=O)N(C)C)NC(=O)O)c3=O)[nH]c12. The number of allylic oxidation sites excluding steroid dienone is 2. The van der Waals surface area contributed by atoms with Gasteiger partial charge in [0.05, 0.1) is 12.1 Å². The molecule has 3 rings (SSSR count). The number of hydrogen-bond donors (Lipinski definition) is 4. The van der Waals surface area contributed by atoms with Crippen LogP contribution in [0.3, 0.4) is 0 Å².